The van der Waals surface area contributed by atoms with Crippen molar-refractivity contribution in [3.8, 4) is 0 Å². The van der Waals surface area contributed by atoms with E-state index in [0.717, 1.165) is 36.6 Å². The number of hydrogen-bond donors (Lipinski definition) is 0. The molecule has 0 fully saturated rings. The maximum atomic E-state index is 6.14. The Morgan fingerprint density at radius 2 is 0.926 bits per heavy atom. The van der Waals surface area contributed by atoms with Crippen molar-refractivity contribution >= 4 is 131 Å². The van der Waals surface area contributed by atoms with Gasteiger partial charge in [-0.2, -0.15) is 15.0 Å². The highest BCUT2D eigenvalue weighted by atomic mass is 79.9. The topological polar surface area (TPSA) is 38.7 Å². The van der Waals surface area contributed by atoms with Crippen molar-refractivity contribution in [2.75, 3.05) is 0 Å². The molecule has 0 saturated heterocycles. The number of halogens is 7. The van der Waals surface area contributed by atoms with Gasteiger partial charge >= 0.3 is 0 Å². The van der Waals surface area contributed by atoms with E-state index < -0.39 is 0 Å². The summed E-state index contributed by atoms with van der Waals surface area (Å²) < 4.78 is 5.58. The zero-order valence-electron chi connectivity index (χ0n) is 12.6. The quantitative estimate of drug-likeness (QED) is 0.263. The molecule has 27 heavy (non-hydrogen) atoms. The minimum Gasteiger partial charge on any atom is -0.196 e. The van der Waals surface area contributed by atoms with Gasteiger partial charge in [0.15, 0.2) is 10.3 Å². The van der Waals surface area contributed by atoms with Gasteiger partial charge in [-0.15, -0.1) is 0 Å². The monoisotopic (exact) mass is 798 g/mol. The second kappa shape index (κ2) is 10.1. The van der Waals surface area contributed by atoms with E-state index in [9.17, 15) is 0 Å². The Labute approximate surface area is 219 Å². The molecule has 0 amide bonds. The predicted octanol–water partition coefficient (Wildman–Crippen LogP) is 9.40. The number of rotatable bonds is 4. The van der Waals surface area contributed by atoms with Crippen molar-refractivity contribution < 1.29 is 0 Å². The molecule has 12 heteroatoms. The molecule has 1 heterocycles. The average Bonchev–Trinajstić information content (AvgIpc) is 2.54. The van der Waals surface area contributed by atoms with Crippen molar-refractivity contribution in [1.29, 1.82) is 0 Å². The standard InChI is InChI=1S/C15H4Br6ClN3S2/c16-5-1-7(18)11(8(19)2-5)26-14-23-13(22)24-15(25-14)27-12-9(20)3-6(17)4-10(12)21/h1-4H. The zero-order valence-corrected chi connectivity index (χ0v) is 24.5. The number of hydrogen-bond acceptors (Lipinski definition) is 5. The molecular weight excluding hydrogens is 801 g/mol. The minimum atomic E-state index is 0.142. The molecule has 3 rings (SSSR count). The second-order valence-electron chi connectivity index (χ2n) is 4.77. The lowest BCUT2D eigenvalue weighted by molar-refractivity contribution is 0.801. The summed E-state index contributed by atoms with van der Waals surface area (Å²) >= 11 is 30.1. The van der Waals surface area contributed by atoms with Crippen molar-refractivity contribution in [1.82, 2.24) is 15.0 Å². The van der Waals surface area contributed by atoms with Crippen LogP contribution in [0.25, 0.3) is 0 Å². The maximum absolute atomic E-state index is 6.14. The summed E-state index contributed by atoms with van der Waals surface area (Å²) in [7, 11) is 0. The normalized spacial score (nSPS) is 11.1. The fourth-order valence-corrected chi connectivity index (χ4v) is 9.17. The number of aromatic nitrogens is 3. The number of nitrogens with zero attached hydrogens (tertiary/aromatic N) is 3. The Kier molecular flexibility index (Phi) is 8.59. The smallest absolute Gasteiger partial charge is 0.196 e. The van der Waals surface area contributed by atoms with Gasteiger partial charge in [-0.3, -0.25) is 0 Å². The van der Waals surface area contributed by atoms with Gasteiger partial charge in [0.05, 0.1) is 0 Å². The van der Waals surface area contributed by atoms with Crippen LogP contribution >= 0.6 is 131 Å². The van der Waals surface area contributed by atoms with E-state index in [4.69, 9.17) is 11.6 Å². The van der Waals surface area contributed by atoms with Gasteiger partial charge in [0.25, 0.3) is 0 Å². The lowest BCUT2D eigenvalue weighted by Gasteiger charge is -2.09. The van der Waals surface area contributed by atoms with Gasteiger partial charge in [0.1, 0.15) is 0 Å². The van der Waals surface area contributed by atoms with Crippen molar-refractivity contribution in [3.05, 3.63) is 56.4 Å². The van der Waals surface area contributed by atoms with E-state index in [1.165, 1.54) is 23.5 Å². The molecule has 0 spiro atoms. The Morgan fingerprint density at radius 1 is 0.593 bits per heavy atom. The molecule has 0 N–H and O–H groups in total. The largest absolute Gasteiger partial charge is 0.227 e. The summed E-state index contributed by atoms with van der Waals surface area (Å²) in [6.07, 6.45) is 0. The van der Waals surface area contributed by atoms with E-state index >= 15 is 0 Å². The Balaban J connectivity index is 1.94. The fourth-order valence-electron chi connectivity index (χ4n) is 1.84. The minimum absolute atomic E-state index is 0.142. The molecule has 0 unspecified atom stereocenters. The van der Waals surface area contributed by atoms with Crippen LogP contribution in [0.4, 0.5) is 0 Å². The van der Waals surface area contributed by atoms with Gasteiger partial charge in [0, 0.05) is 36.6 Å². The van der Waals surface area contributed by atoms with Crippen LogP contribution in [0.3, 0.4) is 0 Å². The molecule has 1 aromatic heterocycles. The summed E-state index contributed by atoms with van der Waals surface area (Å²) in [6, 6.07) is 7.84. The van der Waals surface area contributed by atoms with Gasteiger partial charge in [-0.1, -0.05) is 31.9 Å². The molecule has 0 atom stereocenters. The third kappa shape index (κ3) is 6.16. The molecule has 3 nitrogen and oxygen atoms in total. The van der Waals surface area contributed by atoms with E-state index in [1.807, 2.05) is 24.3 Å². The molecule has 2 aromatic carbocycles. The van der Waals surface area contributed by atoms with Crippen LogP contribution in [0.5, 0.6) is 0 Å². The first-order chi connectivity index (χ1) is 12.7. The van der Waals surface area contributed by atoms with E-state index in [2.05, 4.69) is 111 Å². The van der Waals surface area contributed by atoms with Crippen molar-refractivity contribution in [2.24, 2.45) is 0 Å². The Hall–Kier alpha value is 1.32. The fraction of sp³-hybridized carbons (Fsp3) is 0. The first-order valence-electron chi connectivity index (χ1n) is 6.79. The van der Waals surface area contributed by atoms with Gasteiger partial charge in [-0.25, -0.2) is 0 Å². The predicted molar refractivity (Wildman–Crippen MR) is 132 cm³/mol. The molecular formula is C15H4Br6ClN3S2. The first-order valence-corrected chi connectivity index (χ1v) is 13.6. The van der Waals surface area contributed by atoms with Gasteiger partial charge in [-0.05, 0) is 123 Å². The van der Waals surface area contributed by atoms with Crippen molar-refractivity contribution in [3.63, 3.8) is 0 Å². The summed E-state index contributed by atoms with van der Waals surface area (Å²) in [6.45, 7) is 0. The van der Waals surface area contributed by atoms with Crippen LogP contribution in [-0.2, 0) is 0 Å². The van der Waals surface area contributed by atoms with Crippen LogP contribution in [0.1, 0.15) is 0 Å². The lowest BCUT2D eigenvalue weighted by atomic mass is 10.4. The van der Waals surface area contributed by atoms with E-state index in [-0.39, 0.29) is 5.28 Å². The Bertz CT molecular complexity index is 913. The van der Waals surface area contributed by atoms with Crippen LogP contribution in [0, 0.1) is 0 Å². The molecule has 3 aromatic rings. The molecule has 0 radical (unpaired) electrons. The van der Waals surface area contributed by atoms with Crippen LogP contribution in [0.15, 0.2) is 71.2 Å². The molecule has 0 aliphatic carbocycles. The highest BCUT2D eigenvalue weighted by Crippen LogP contribution is 2.42. The summed E-state index contributed by atoms with van der Waals surface area (Å²) in [5.74, 6) is 0. The molecule has 0 aliphatic heterocycles. The van der Waals surface area contributed by atoms with Crippen molar-refractivity contribution in [2.45, 2.75) is 20.1 Å². The maximum Gasteiger partial charge on any atom is 0.227 e. The highest BCUT2D eigenvalue weighted by Gasteiger charge is 2.16. The summed E-state index contributed by atoms with van der Waals surface area (Å²) in [5, 5.41) is 1.15. The second-order valence-corrected chi connectivity index (χ2v) is 12.3. The zero-order chi connectivity index (χ0) is 19.7. The SMILES string of the molecule is Clc1nc(Sc2c(Br)cc(Br)cc2Br)nc(Sc2c(Br)cc(Br)cc2Br)n1. The van der Waals surface area contributed by atoms with Gasteiger partial charge in [0.2, 0.25) is 5.28 Å². The average molecular weight is 805 g/mol. The summed E-state index contributed by atoms with van der Waals surface area (Å²) in [4.78, 5) is 14.9. The van der Waals surface area contributed by atoms with Gasteiger partial charge < -0.3 is 0 Å². The molecule has 0 aliphatic rings. The molecule has 0 saturated carbocycles. The third-order valence-electron chi connectivity index (χ3n) is 2.88. The molecule has 0 bridgehead atoms. The first kappa shape index (κ1) is 23.0. The van der Waals surface area contributed by atoms with Crippen LogP contribution in [-0.4, -0.2) is 15.0 Å². The third-order valence-corrected chi connectivity index (χ3v) is 9.53. The van der Waals surface area contributed by atoms with E-state index in [0.29, 0.717) is 10.3 Å². The molecule has 140 valence electrons. The summed E-state index contributed by atoms with van der Waals surface area (Å²) in [5.41, 5.74) is 0. The number of benzene rings is 2. The van der Waals surface area contributed by atoms with Crippen LogP contribution < -0.4 is 0 Å². The lowest BCUT2D eigenvalue weighted by Crippen LogP contribution is -1.95. The highest BCUT2D eigenvalue weighted by molar-refractivity contribution is 9.12. The van der Waals surface area contributed by atoms with Crippen LogP contribution in [0.2, 0.25) is 5.28 Å². The van der Waals surface area contributed by atoms with E-state index in [1.54, 1.807) is 0 Å². The Morgan fingerprint density at radius 3 is 1.26 bits per heavy atom.